The molecule has 1 heterocycles. The van der Waals surface area contributed by atoms with Crippen LogP contribution in [0.5, 0.6) is 0 Å². The fraction of sp³-hybridized carbons (Fsp3) is 0.846. The van der Waals surface area contributed by atoms with E-state index in [1.54, 1.807) is 0 Å². The highest BCUT2D eigenvalue weighted by atomic mass is 16.2. The lowest BCUT2D eigenvalue weighted by Crippen LogP contribution is -2.48. The summed E-state index contributed by atoms with van der Waals surface area (Å²) in [5.41, 5.74) is 6.17. The van der Waals surface area contributed by atoms with E-state index in [0.29, 0.717) is 11.8 Å². The summed E-state index contributed by atoms with van der Waals surface area (Å²) in [6, 6.07) is -0.474. The van der Waals surface area contributed by atoms with Gasteiger partial charge in [0.05, 0.1) is 6.04 Å². The van der Waals surface area contributed by atoms with E-state index in [1.165, 1.54) is 19.9 Å². The summed E-state index contributed by atoms with van der Waals surface area (Å²) in [6.45, 7) is 3.63. The number of nitrogens with two attached hydrogens (primary N) is 1. The Hall–Kier alpha value is -1.14. The quantitative estimate of drug-likeness (QED) is 0.652. The summed E-state index contributed by atoms with van der Waals surface area (Å²) in [4.78, 5) is 25.3. The summed E-state index contributed by atoms with van der Waals surface area (Å²) < 4.78 is 0. The molecule has 2 rings (SSSR count). The van der Waals surface area contributed by atoms with Gasteiger partial charge in [0, 0.05) is 26.2 Å². The molecular formula is C13H24N4O2. The number of carbonyl (C=O) groups is 2. The Labute approximate surface area is 114 Å². The van der Waals surface area contributed by atoms with Gasteiger partial charge >= 0.3 is 6.03 Å². The molecule has 1 aliphatic carbocycles. The van der Waals surface area contributed by atoms with Crippen LogP contribution in [0, 0.1) is 11.8 Å². The van der Waals surface area contributed by atoms with Gasteiger partial charge in [0.25, 0.3) is 0 Å². The average Bonchev–Trinajstić information content (AvgIpc) is 2.83. The van der Waals surface area contributed by atoms with Crippen molar-refractivity contribution in [1.29, 1.82) is 0 Å². The Morgan fingerprint density at radius 3 is 2.68 bits per heavy atom. The van der Waals surface area contributed by atoms with Gasteiger partial charge in [0.2, 0.25) is 5.91 Å². The molecule has 3 amide bonds. The molecule has 4 N–H and O–H groups in total. The van der Waals surface area contributed by atoms with Gasteiger partial charge in [-0.1, -0.05) is 6.42 Å². The van der Waals surface area contributed by atoms with E-state index in [1.807, 2.05) is 6.92 Å². The predicted octanol–water partition coefficient (Wildman–Crippen LogP) is -0.110. The van der Waals surface area contributed by atoms with Gasteiger partial charge in [-0.05, 0) is 31.6 Å². The van der Waals surface area contributed by atoms with Gasteiger partial charge in [-0.2, -0.15) is 0 Å². The first-order valence-electron chi connectivity index (χ1n) is 7.05. The van der Waals surface area contributed by atoms with Crippen LogP contribution in [0.2, 0.25) is 0 Å². The Morgan fingerprint density at radius 2 is 2.05 bits per heavy atom. The highest BCUT2D eigenvalue weighted by Gasteiger charge is 2.41. The Kier molecular flexibility index (Phi) is 4.42. The number of hydrogen-bond donors (Lipinski definition) is 3. The van der Waals surface area contributed by atoms with Crippen molar-refractivity contribution in [3.8, 4) is 0 Å². The summed E-state index contributed by atoms with van der Waals surface area (Å²) >= 11 is 0. The number of urea groups is 1. The fourth-order valence-corrected chi connectivity index (χ4v) is 3.31. The predicted molar refractivity (Wildman–Crippen MR) is 72.4 cm³/mol. The van der Waals surface area contributed by atoms with Crippen molar-refractivity contribution < 1.29 is 9.59 Å². The standard InChI is InChI=1S/C13H24N4O2/c1-8(12(18)16-13(19)15-2)17-6-9-4-3-5-11(14)10(9)7-17/h8-11H,3-7,14H2,1-2H3,(H2,15,16,18,19). The SMILES string of the molecule is CNC(=O)NC(=O)C(C)N1CC2CCCC(N)C2C1. The fourth-order valence-electron chi connectivity index (χ4n) is 3.31. The third-order valence-electron chi connectivity index (χ3n) is 4.57. The van der Waals surface area contributed by atoms with E-state index in [0.717, 1.165) is 19.5 Å². The van der Waals surface area contributed by atoms with Crippen LogP contribution in [-0.2, 0) is 4.79 Å². The topological polar surface area (TPSA) is 87.5 Å². The molecule has 0 radical (unpaired) electrons. The molecule has 4 unspecified atom stereocenters. The smallest absolute Gasteiger partial charge is 0.321 e. The summed E-state index contributed by atoms with van der Waals surface area (Å²) in [5.74, 6) is 0.870. The van der Waals surface area contributed by atoms with Crippen LogP contribution in [0.3, 0.4) is 0 Å². The molecule has 6 nitrogen and oxygen atoms in total. The normalized spacial score (nSPS) is 32.5. The molecule has 1 saturated heterocycles. The van der Waals surface area contributed by atoms with Crippen molar-refractivity contribution in [3.63, 3.8) is 0 Å². The lowest BCUT2D eigenvalue weighted by Gasteiger charge is -2.30. The second-order valence-electron chi connectivity index (χ2n) is 5.72. The first kappa shape index (κ1) is 14.3. The first-order chi connectivity index (χ1) is 9.02. The monoisotopic (exact) mass is 268 g/mol. The van der Waals surface area contributed by atoms with E-state index in [2.05, 4.69) is 15.5 Å². The van der Waals surface area contributed by atoms with Gasteiger partial charge in [0.15, 0.2) is 0 Å². The third-order valence-corrected chi connectivity index (χ3v) is 4.57. The first-order valence-corrected chi connectivity index (χ1v) is 7.05. The van der Waals surface area contributed by atoms with Crippen LogP contribution < -0.4 is 16.4 Å². The molecule has 19 heavy (non-hydrogen) atoms. The van der Waals surface area contributed by atoms with Crippen molar-refractivity contribution in [2.24, 2.45) is 17.6 Å². The van der Waals surface area contributed by atoms with Crippen molar-refractivity contribution in [2.75, 3.05) is 20.1 Å². The number of carbonyl (C=O) groups excluding carboxylic acids is 2. The molecule has 1 saturated carbocycles. The van der Waals surface area contributed by atoms with Crippen LogP contribution in [-0.4, -0.2) is 49.1 Å². The van der Waals surface area contributed by atoms with Crippen LogP contribution in [0.1, 0.15) is 26.2 Å². The number of fused-ring (bicyclic) bond motifs is 1. The van der Waals surface area contributed by atoms with Crippen molar-refractivity contribution in [3.05, 3.63) is 0 Å². The van der Waals surface area contributed by atoms with Crippen LogP contribution in [0.15, 0.2) is 0 Å². The molecule has 0 bridgehead atoms. The van der Waals surface area contributed by atoms with Gasteiger partial charge in [-0.3, -0.25) is 15.0 Å². The summed E-state index contributed by atoms with van der Waals surface area (Å²) in [5, 5.41) is 4.73. The number of amides is 3. The average molecular weight is 268 g/mol. The number of nitrogens with one attached hydrogen (secondary N) is 2. The zero-order valence-corrected chi connectivity index (χ0v) is 11.7. The highest BCUT2D eigenvalue weighted by Crippen LogP contribution is 2.36. The number of likely N-dealkylation sites (tertiary alicyclic amines) is 1. The molecular weight excluding hydrogens is 244 g/mol. The lowest BCUT2D eigenvalue weighted by molar-refractivity contribution is -0.124. The number of imide groups is 1. The Bertz CT molecular complexity index is 361. The molecule has 0 spiro atoms. The summed E-state index contributed by atoms with van der Waals surface area (Å²) in [7, 11) is 1.50. The molecule has 2 fully saturated rings. The maximum atomic E-state index is 11.9. The maximum absolute atomic E-state index is 11.9. The molecule has 0 aromatic carbocycles. The molecule has 1 aliphatic heterocycles. The molecule has 6 heteroatoms. The van der Waals surface area contributed by atoms with Gasteiger partial charge < -0.3 is 11.1 Å². The number of hydrogen-bond acceptors (Lipinski definition) is 4. The van der Waals surface area contributed by atoms with E-state index < -0.39 is 6.03 Å². The zero-order chi connectivity index (χ0) is 14.0. The highest BCUT2D eigenvalue weighted by molar-refractivity contribution is 5.96. The van der Waals surface area contributed by atoms with Gasteiger partial charge in [-0.15, -0.1) is 0 Å². The largest absolute Gasteiger partial charge is 0.341 e. The maximum Gasteiger partial charge on any atom is 0.321 e. The minimum absolute atomic E-state index is 0.244. The second kappa shape index (κ2) is 5.88. The van der Waals surface area contributed by atoms with Crippen LogP contribution in [0.4, 0.5) is 4.79 Å². The minimum Gasteiger partial charge on any atom is -0.341 e. The van der Waals surface area contributed by atoms with Crippen LogP contribution in [0.25, 0.3) is 0 Å². The van der Waals surface area contributed by atoms with Crippen molar-refractivity contribution >= 4 is 11.9 Å². The molecule has 4 atom stereocenters. The lowest BCUT2D eigenvalue weighted by atomic mass is 9.78. The molecule has 0 aromatic heterocycles. The molecule has 108 valence electrons. The third kappa shape index (κ3) is 3.06. The van der Waals surface area contributed by atoms with E-state index in [-0.39, 0.29) is 18.0 Å². The molecule has 2 aliphatic rings. The number of rotatable bonds is 2. The zero-order valence-electron chi connectivity index (χ0n) is 11.7. The van der Waals surface area contributed by atoms with E-state index in [9.17, 15) is 9.59 Å². The van der Waals surface area contributed by atoms with Gasteiger partial charge in [-0.25, -0.2) is 4.79 Å². The summed E-state index contributed by atoms with van der Waals surface area (Å²) in [6.07, 6.45) is 3.49. The second-order valence-corrected chi connectivity index (χ2v) is 5.72. The Morgan fingerprint density at radius 1 is 1.32 bits per heavy atom. The van der Waals surface area contributed by atoms with Gasteiger partial charge in [0.1, 0.15) is 0 Å². The Balaban J connectivity index is 1.92. The van der Waals surface area contributed by atoms with E-state index >= 15 is 0 Å². The number of nitrogens with zero attached hydrogens (tertiary/aromatic N) is 1. The van der Waals surface area contributed by atoms with E-state index in [4.69, 9.17) is 5.73 Å². The minimum atomic E-state index is -0.454. The van der Waals surface area contributed by atoms with Crippen molar-refractivity contribution in [1.82, 2.24) is 15.5 Å². The van der Waals surface area contributed by atoms with Crippen molar-refractivity contribution in [2.45, 2.75) is 38.3 Å². The molecule has 0 aromatic rings. The van der Waals surface area contributed by atoms with Crippen LogP contribution >= 0.6 is 0 Å².